The number of aromatic nitrogens is 1. The maximum absolute atomic E-state index is 9.96. The molecule has 1 aromatic rings. The summed E-state index contributed by atoms with van der Waals surface area (Å²) in [5.41, 5.74) is 2.16. The van der Waals surface area contributed by atoms with E-state index in [0.717, 1.165) is 36.6 Å². The molecule has 3 atom stereocenters. The van der Waals surface area contributed by atoms with E-state index in [-0.39, 0.29) is 0 Å². The Hall–Kier alpha value is -0.970. The molecule has 21 heavy (non-hydrogen) atoms. The van der Waals surface area contributed by atoms with Crippen molar-refractivity contribution in [2.45, 2.75) is 58.3 Å². The molecule has 4 heteroatoms. The van der Waals surface area contributed by atoms with E-state index >= 15 is 0 Å². The predicted molar refractivity (Wildman–Crippen MR) is 84.1 cm³/mol. The van der Waals surface area contributed by atoms with Crippen molar-refractivity contribution in [1.82, 2.24) is 10.3 Å². The van der Waals surface area contributed by atoms with Crippen LogP contribution in [-0.2, 0) is 11.3 Å². The molecule has 4 nitrogen and oxygen atoms in total. The molecule has 1 aliphatic rings. The van der Waals surface area contributed by atoms with Crippen LogP contribution in [-0.4, -0.2) is 35.5 Å². The first-order valence-corrected chi connectivity index (χ1v) is 8.05. The molecular formula is C17H28N2O2. The number of hydrogen-bond acceptors (Lipinski definition) is 4. The predicted octanol–water partition coefficient (Wildman–Crippen LogP) is 2.44. The molecule has 0 aliphatic heterocycles. The van der Waals surface area contributed by atoms with E-state index in [0.29, 0.717) is 19.3 Å². The largest absolute Gasteiger partial charge is 0.389 e. The molecule has 3 unspecified atom stereocenters. The van der Waals surface area contributed by atoms with Gasteiger partial charge in [-0.15, -0.1) is 0 Å². The van der Waals surface area contributed by atoms with Crippen LogP contribution in [0.2, 0.25) is 0 Å². The normalized spacial score (nSPS) is 24.0. The van der Waals surface area contributed by atoms with E-state index in [9.17, 15) is 5.11 Å². The van der Waals surface area contributed by atoms with E-state index in [1.165, 1.54) is 12.8 Å². The van der Waals surface area contributed by atoms with Gasteiger partial charge in [0.2, 0.25) is 0 Å². The van der Waals surface area contributed by atoms with Crippen molar-refractivity contribution in [3.63, 3.8) is 0 Å². The average molecular weight is 292 g/mol. The summed E-state index contributed by atoms with van der Waals surface area (Å²) in [6.07, 6.45) is 6.60. The topological polar surface area (TPSA) is 54.4 Å². The van der Waals surface area contributed by atoms with Gasteiger partial charge in [-0.2, -0.15) is 0 Å². The second kappa shape index (κ2) is 8.47. The fraction of sp³-hybridized carbons (Fsp3) is 0.706. The number of aliphatic hydroxyl groups excluding tert-OH is 1. The number of aryl methyl sites for hydroxylation is 1. The summed E-state index contributed by atoms with van der Waals surface area (Å²) >= 11 is 0. The second-order valence-corrected chi connectivity index (χ2v) is 6.32. The summed E-state index contributed by atoms with van der Waals surface area (Å²) in [4.78, 5) is 4.25. The molecule has 0 amide bonds. The van der Waals surface area contributed by atoms with Gasteiger partial charge in [-0.25, -0.2) is 0 Å². The molecule has 0 saturated heterocycles. The first-order chi connectivity index (χ1) is 10.1. The second-order valence-electron chi connectivity index (χ2n) is 6.32. The lowest BCUT2D eigenvalue weighted by atomic mass is 9.89. The van der Waals surface area contributed by atoms with Gasteiger partial charge in [0.05, 0.1) is 18.8 Å². The fourth-order valence-corrected chi connectivity index (χ4v) is 2.82. The highest BCUT2D eigenvalue weighted by atomic mass is 16.5. The molecule has 0 spiro atoms. The van der Waals surface area contributed by atoms with Crippen LogP contribution in [0.1, 0.15) is 43.9 Å². The van der Waals surface area contributed by atoms with Gasteiger partial charge >= 0.3 is 0 Å². The molecule has 1 heterocycles. The zero-order chi connectivity index (χ0) is 15.1. The minimum Gasteiger partial charge on any atom is -0.389 e. The quantitative estimate of drug-likeness (QED) is 0.810. The third-order valence-electron chi connectivity index (χ3n) is 4.09. The van der Waals surface area contributed by atoms with Crippen molar-refractivity contribution < 1.29 is 9.84 Å². The summed E-state index contributed by atoms with van der Waals surface area (Å²) < 4.78 is 5.83. The average Bonchev–Trinajstić information content (AvgIpc) is 2.47. The zero-order valence-corrected chi connectivity index (χ0v) is 13.2. The lowest BCUT2D eigenvalue weighted by Crippen LogP contribution is -2.33. The van der Waals surface area contributed by atoms with Crippen molar-refractivity contribution in [2.24, 2.45) is 5.92 Å². The fourth-order valence-electron chi connectivity index (χ4n) is 2.82. The van der Waals surface area contributed by atoms with Crippen LogP contribution in [0.4, 0.5) is 0 Å². The smallest absolute Gasteiger partial charge is 0.0897 e. The van der Waals surface area contributed by atoms with E-state index in [1.807, 2.05) is 19.2 Å². The van der Waals surface area contributed by atoms with E-state index in [4.69, 9.17) is 4.74 Å². The molecule has 0 aromatic carbocycles. The number of nitrogens with zero attached hydrogens (tertiary/aromatic N) is 1. The van der Waals surface area contributed by atoms with Gasteiger partial charge in [-0.3, -0.25) is 4.98 Å². The monoisotopic (exact) mass is 292 g/mol. The summed E-state index contributed by atoms with van der Waals surface area (Å²) in [5.74, 6) is 0.757. The number of pyridine rings is 1. The highest BCUT2D eigenvalue weighted by Crippen LogP contribution is 2.25. The summed E-state index contributed by atoms with van der Waals surface area (Å²) in [5, 5.41) is 13.2. The molecule has 1 aromatic heterocycles. The maximum atomic E-state index is 9.96. The van der Waals surface area contributed by atoms with Crippen molar-refractivity contribution in [2.75, 3.05) is 13.2 Å². The minimum atomic E-state index is -0.444. The van der Waals surface area contributed by atoms with Crippen LogP contribution < -0.4 is 5.32 Å². The summed E-state index contributed by atoms with van der Waals surface area (Å²) in [7, 11) is 0. The molecule has 2 rings (SSSR count). The third-order valence-corrected chi connectivity index (χ3v) is 4.09. The maximum Gasteiger partial charge on any atom is 0.0897 e. The Morgan fingerprint density at radius 3 is 3.00 bits per heavy atom. The van der Waals surface area contributed by atoms with Crippen molar-refractivity contribution in [1.29, 1.82) is 0 Å². The molecule has 118 valence electrons. The minimum absolute atomic E-state index is 0.338. The van der Waals surface area contributed by atoms with E-state index < -0.39 is 6.10 Å². The van der Waals surface area contributed by atoms with Gasteiger partial charge in [-0.1, -0.05) is 25.8 Å². The standard InChI is InChI=1S/C17H28N2O2/c1-13-4-3-5-17(8-13)21-12-16(20)11-18-9-15-7-6-14(2)19-10-15/h6-7,10,13,16-18,20H,3-5,8-9,11-12H2,1-2H3. The van der Waals surface area contributed by atoms with Gasteiger partial charge in [-0.05, 0) is 37.3 Å². The van der Waals surface area contributed by atoms with Gasteiger partial charge in [0.15, 0.2) is 0 Å². The highest BCUT2D eigenvalue weighted by Gasteiger charge is 2.20. The Morgan fingerprint density at radius 2 is 2.29 bits per heavy atom. The summed E-state index contributed by atoms with van der Waals surface area (Å²) in [6.45, 7) is 5.96. The lowest BCUT2D eigenvalue weighted by molar-refractivity contribution is -0.0306. The number of rotatable bonds is 7. The Bertz CT molecular complexity index is 408. The van der Waals surface area contributed by atoms with Crippen LogP contribution in [0.15, 0.2) is 18.3 Å². The number of hydrogen-bond donors (Lipinski definition) is 2. The molecular weight excluding hydrogens is 264 g/mol. The van der Waals surface area contributed by atoms with Crippen molar-refractivity contribution in [3.8, 4) is 0 Å². The first kappa shape index (κ1) is 16.4. The highest BCUT2D eigenvalue weighted by molar-refractivity contribution is 5.12. The Labute approximate surface area is 127 Å². The molecule has 0 radical (unpaired) electrons. The molecule has 0 bridgehead atoms. The molecule has 2 N–H and O–H groups in total. The van der Waals surface area contributed by atoms with Crippen LogP contribution >= 0.6 is 0 Å². The van der Waals surface area contributed by atoms with Crippen LogP contribution in [0.5, 0.6) is 0 Å². The number of ether oxygens (including phenoxy) is 1. The molecule has 1 saturated carbocycles. The van der Waals surface area contributed by atoms with E-state index in [1.54, 1.807) is 0 Å². The number of nitrogens with one attached hydrogen (secondary N) is 1. The van der Waals surface area contributed by atoms with Crippen LogP contribution in [0.25, 0.3) is 0 Å². The van der Waals surface area contributed by atoms with Gasteiger partial charge in [0.25, 0.3) is 0 Å². The first-order valence-electron chi connectivity index (χ1n) is 8.05. The third kappa shape index (κ3) is 6.12. The summed E-state index contributed by atoms with van der Waals surface area (Å²) in [6, 6.07) is 4.06. The Balaban J connectivity index is 1.59. The van der Waals surface area contributed by atoms with Crippen molar-refractivity contribution in [3.05, 3.63) is 29.6 Å². The molecule has 1 aliphatic carbocycles. The van der Waals surface area contributed by atoms with Gasteiger partial charge < -0.3 is 15.2 Å². The zero-order valence-electron chi connectivity index (χ0n) is 13.2. The van der Waals surface area contributed by atoms with Crippen LogP contribution in [0, 0.1) is 12.8 Å². The van der Waals surface area contributed by atoms with Crippen molar-refractivity contribution >= 4 is 0 Å². The Morgan fingerprint density at radius 1 is 1.43 bits per heavy atom. The van der Waals surface area contributed by atoms with Gasteiger partial charge in [0, 0.05) is 25.0 Å². The molecule has 1 fully saturated rings. The van der Waals surface area contributed by atoms with Crippen LogP contribution in [0.3, 0.4) is 0 Å². The SMILES string of the molecule is Cc1ccc(CNCC(O)COC2CCCC(C)C2)cn1. The number of aliphatic hydroxyl groups is 1. The Kier molecular flexibility index (Phi) is 6.61. The van der Waals surface area contributed by atoms with E-state index in [2.05, 4.69) is 23.3 Å². The lowest BCUT2D eigenvalue weighted by Gasteiger charge is -2.27. The van der Waals surface area contributed by atoms with Gasteiger partial charge in [0.1, 0.15) is 0 Å².